The molecule has 146 valence electrons. The van der Waals surface area contributed by atoms with Crippen LogP contribution in [0.5, 0.6) is 5.75 Å². The molecule has 1 atom stereocenters. The summed E-state index contributed by atoms with van der Waals surface area (Å²) >= 11 is 1.74. The molecular weight excluding hydrogens is 360 g/mol. The third-order valence-corrected chi connectivity index (χ3v) is 5.66. The lowest BCUT2D eigenvalue weighted by Gasteiger charge is -2.34. The van der Waals surface area contributed by atoms with E-state index in [9.17, 15) is 4.79 Å². The summed E-state index contributed by atoms with van der Waals surface area (Å²) in [6.45, 7) is 6.56. The van der Waals surface area contributed by atoms with E-state index < -0.39 is 0 Å². The molecule has 1 N–H and O–H groups in total. The van der Waals surface area contributed by atoms with Gasteiger partial charge in [-0.1, -0.05) is 23.8 Å². The van der Waals surface area contributed by atoms with Gasteiger partial charge in [0.2, 0.25) is 5.91 Å². The summed E-state index contributed by atoms with van der Waals surface area (Å²) in [7, 11) is 0. The Bertz CT molecular complexity index is 682. The molecule has 1 aromatic carbocycles. The highest BCUT2D eigenvalue weighted by atomic mass is 32.1. The first kappa shape index (κ1) is 19.9. The number of nitrogens with zero attached hydrogens (tertiary/aromatic N) is 1. The summed E-state index contributed by atoms with van der Waals surface area (Å²) in [5, 5.41) is 5.19. The summed E-state index contributed by atoms with van der Waals surface area (Å²) in [4.78, 5) is 15.9. The van der Waals surface area contributed by atoms with Gasteiger partial charge in [-0.3, -0.25) is 9.69 Å². The van der Waals surface area contributed by atoms with Crippen molar-refractivity contribution in [3.8, 4) is 5.75 Å². The third kappa shape index (κ3) is 6.34. The fourth-order valence-electron chi connectivity index (χ4n) is 3.14. The topological polar surface area (TPSA) is 50.8 Å². The zero-order chi connectivity index (χ0) is 18.9. The van der Waals surface area contributed by atoms with Crippen LogP contribution in [0.3, 0.4) is 0 Å². The molecule has 0 spiro atoms. The van der Waals surface area contributed by atoms with E-state index in [1.165, 1.54) is 10.4 Å². The van der Waals surface area contributed by atoms with Crippen molar-refractivity contribution < 1.29 is 14.3 Å². The number of benzene rings is 1. The van der Waals surface area contributed by atoms with Crippen molar-refractivity contribution in [2.24, 2.45) is 0 Å². The van der Waals surface area contributed by atoms with E-state index in [0.29, 0.717) is 26.0 Å². The van der Waals surface area contributed by atoms with Crippen molar-refractivity contribution in [2.75, 3.05) is 39.5 Å². The Hall–Kier alpha value is -1.89. The first-order valence-electron chi connectivity index (χ1n) is 9.54. The van der Waals surface area contributed by atoms with E-state index in [-0.39, 0.29) is 11.9 Å². The van der Waals surface area contributed by atoms with Gasteiger partial charge in [-0.15, -0.1) is 11.3 Å². The minimum Gasteiger partial charge on any atom is -0.494 e. The molecule has 0 saturated carbocycles. The predicted molar refractivity (Wildman–Crippen MR) is 108 cm³/mol. The van der Waals surface area contributed by atoms with Crippen molar-refractivity contribution in [1.29, 1.82) is 0 Å². The Morgan fingerprint density at radius 3 is 2.74 bits per heavy atom. The molecule has 1 fully saturated rings. The second-order valence-electron chi connectivity index (χ2n) is 6.75. The minimum absolute atomic E-state index is 0.0809. The van der Waals surface area contributed by atoms with Gasteiger partial charge < -0.3 is 14.8 Å². The largest absolute Gasteiger partial charge is 0.494 e. The molecule has 0 unspecified atom stereocenters. The van der Waals surface area contributed by atoms with Gasteiger partial charge in [0.1, 0.15) is 5.75 Å². The number of carbonyl (C=O) groups excluding carboxylic acids is 1. The Morgan fingerprint density at radius 1 is 1.26 bits per heavy atom. The molecule has 1 amide bonds. The molecule has 0 radical (unpaired) electrons. The van der Waals surface area contributed by atoms with Crippen molar-refractivity contribution in [3.63, 3.8) is 0 Å². The number of amides is 1. The lowest BCUT2D eigenvalue weighted by atomic mass is 10.2. The van der Waals surface area contributed by atoms with Gasteiger partial charge in [-0.25, -0.2) is 0 Å². The Kier molecular flexibility index (Phi) is 7.68. The van der Waals surface area contributed by atoms with E-state index >= 15 is 0 Å². The highest BCUT2D eigenvalue weighted by Gasteiger charge is 2.23. The molecule has 5 nitrogen and oxygen atoms in total. The molecule has 0 bridgehead atoms. The van der Waals surface area contributed by atoms with Gasteiger partial charge in [-0.05, 0) is 36.9 Å². The molecule has 1 aliphatic heterocycles. The number of ether oxygens (including phenoxy) is 2. The average Bonchev–Trinajstić information content (AvgIpc) is 3.22. The van der Waals surface area contributed by atoms with Crippen LogP contribution in [0, 0.1) is 6.92 Å². The fraction of sp³-hybridized carbons (Fsp3) is 0.476. The molecule has 1 aromatic heterocycles. The van der Waals surface area contributed by atoms with Gasteiger partial charge in [0.25, 0.3) is 0 Å². The Balaban J connectivity index is 1.40. The summed E-state index contributed by atoms with van der Waals surface area (Å²) in [6.07, 6.45) is 1.19. The number of carbonyl (C=O) groups is 1. The van der Waals surface area contributed by atoms with Crippen LogP contribution in [-0.4, -0.2) is 50.3 Å². The summed E-state index contributed by atoms with van der Waals surface area (Å²) in [5.41, 5.74) is 1.21. The van der Waals surface area contributed by atoms with Gasteiger partial charge in [0, 0.05) is 30.9 Å². The molecule has 3 rings (SSSR count). The van der Waals surface area contributed by atoms with Gasteiger partial charge in [-0.2, -0.15) is 0 Å². The van der Waals surface area contributed by atoms with Gasteiger partial charge >= 0.3 is 0 Å². The van der Waals surface area contributed by atoms with Gasteiger partial charge in [0.15, 0.2) is 0 Å². The summed E-state index contributed by atoms with van der Waals surface area (Å²) < 4.78 is 11.2. The summed E-state index contributed by atoms with van der Waals surface area (Å²) in [5.74, 6) is 0.934. The van der Waals surface area contributed by atoms with E-state index in [4.69, 9.17) is 9.47 Å². The molecule has 1 aliphatic rings. The SMILES string of the molecule is Cc1ccc(OCCCC(=O)NC[C@H](c2cccs2)N2CCOCC2)cc1. The maximum atomic E-state index is 12.2. The van der Waals surface area contributed by atoms with E-state index in [1.54, 1.807) is 11.3 Å². The average molecular weight is 389 g/mol. The van der Waals surface area contributed by atoms with Crippen molar-refractivity contribution in [2.45, 2.75) is 25.8 Å². The number of morpholine rings is 1. The normalized spacial score (nSPS) is 16.0. The van der Waals surface area contributed by atoms with Crippen LogP contribution in [-0.2, 0) is 9.53 Å². The van der Waals surface area contributed by atoms with Crippen LogP contribution in [0.2, 0.25) is 0 Å². The van der Waals surface area contributed by atoms with Crippen LogP contribution in [0.1, 0.15) is 29.3 Å². The fourth-order valence-corrected chi connectivity index (χ4v) is 4.00. The number of nitrogens with one attached hydrogen (secondary N) is 1. The number of hydrogen-bond acceptors (Lipinski definition) is 5. The molecule has 2 heterocycles. The first-order valence-corrected chi connectivity index (χ1v) is 10.4. The Morgan fingerprint density at radius 2 is 2.04 bits per heavy atom. The molecule has 1 saturated heterocycles. The molecule has 27 heavy (non-hydrogen) atoms. The first-order chi connectivity index (χ1) is 13.2. The van der Waals surface area contributed by atoms with Gasteiger partial charge in [0.05, 0.1) is 25.9 Å². The standard InChI is InChI=1S/C21H28N2O3S/c1-17-6-8-18(9-7-17)26-12-2-5-21(24)22-16-19(20-4-3-15-27-20)23-10-13-25-14-11-23/h3-4,6-9,15,19H,2,5,10-14,16H2,1H3,(H,22,24)/t19-/m1/s1. The maximum absolute atomic E-state index is 12.2. The van der Waals surface area contributed by atoms with Crippen LogP contribution >= 0.6 is 11.3 Å². The second-order valence-corrected chi connectivity index (χ2v) is 7.73. The maximum Gasteiger partial charge on any atom is 0.220 e. The van der Waals surface area contributed by atoms with Crippen LogP contribution < -0.4 is 10.1 Å². The molecule has 6 heteroatoms. The third-order valence-electron chi connectivity index (χ3n) is 4.69. The lowest BCUT2D eigenvalue weighted by Crippen LogP contribution is -2.43. The molecule has 2 aromatic rings. The van der Waals surface area contributed by atoms with Crippen molar-refractivity contribution >= 4 is 17.2 Å². The van der Waals surface area contributed by atoms with Crippen molar-refractivity contribution in [1.82, 2.24) is 10.2 Å². The minimum atomic E-state index is 0.0809. The summed E-state index contributed by atoms with van der Waals surface area (Å²) in [6, 6.07) is 12.4. The van der Waals surface area contributed by atoms with E-state index in [2.05, 4.69) is 34.7 Å². The monoisotopic (exact) mass is 388 g/mol. The number of rotatable bonds is 9. The van der Waals surface area contributed by atoms with Crippen molar-refractivity contribution in [3.05, 3.63) is 52.2 Å². The molecular formula is C21H28N2O3S. The quantitative estimate of drug-likeness (QED) is 0.669. The second kappa shape index (κ2) is 10.4. The molecule has 0 aliphatic carbocycles. The Labute approximate surface area is 165 Å². The highest BCUT2D eigenvalue weighted by Crippen LogP contribution is 2.25. The number of hydrogen-bond donors (Lipinski definition) is 1. The number of aryl methyl sites for hydroxylation is 1. The zero-order valence-electron chi connectivity index (χ0n) is 15.9. The smallest absolute Gasteiger partial charge is 0.220 e. The predicted octanol–water partition coefficient (Wildman–Crippen LogP) is 3.41. The van der Waals surface area contributed by atoms with E-state index in [1.807, 2.05) is 24.3 Å². The highest BCUT2D eigenvalue weighted by molar-refractivity contribution is 7.10. The number of thiophene rings is 1. The lowest BCUT2D eigenvalue weighted by molar-refractivity contribution is -0.121. The van der Waals surface area contributed by atoms with Crippen LogP contribution in [0.25, 0.3) is 0 Å². The van der Waals surface area contributed by atoms with Crippen LogP contribution in [0.15, 0.2) is 41.8 Å². The van der Waals surface area contributed by atoms with E-state index in [0.717, 1.165) is 32.1 Å². The zero-order valence-corrected chi connectivity index (χ0v) is 16.7. The van der Waals surface area contributed by atoms with Crippen LogP contribution in [0.4, 0.5) is 0 Å².